The van der Waals surface area contributed by atoms with Crippen LogP contribution in [-0.4, -0.2) is 9.85 Å². The van der Waals surface area contributed by atoms with Gasteiger partial charge in [0.2, 0.25) is 0 Å². The van der Waals surface area contributed by atoms with Crippen molar-refractivity contribution in [1.29, 1.82) is 0 Å². The lowest BCUT2D eigenvalue weighted by molar-refractivity contribution is 0.455. The Morgan fingerprint density at radius 1 is 0.500 bits per heavy atom. The zero-order valence-electron chi connectivity index (χ0n) is 27.9. The predicted octanol–water partition coefficient (Wildman–Crippen LogP) is 13.8. The third-order valence-corrected chi connectivity index (χ3v) is 9.85. The van der Waals surface area contributed by atoms with E-state index >= 15 is 0 Å². The van der Waals surface area contributed by atoms with Gasteiger partial charge in [-0.15, -0.1) is 11.8 Å². The van der Waals surface area contributed by atoms with Crippen molar-refractivity contribution in [3.8, 4) is 5.75 Å². The van der Waals surface area contributed by atoms with E-state index < -0.39 is 0 Å². The van der Waals surface area contributed by atoms with Crippen molar-refractivity contribution in [2.75, 3.05) is 0 Å². The summed E-state index contributed by atoms with van der Waals surface area (Å²) < 4.78 is 0.245. The standard InChI is InChI=1S/C38H70OS/c1-6-9-12-14-16-18-20-22-24-26-29-34-32-36(40-38(4,5)31-28-11-8-3)33-35(37(34)39)30-27-25-23-21-19-17-15-13-10-7-2/h32-33,39H,6-31H2,1-5H3. The minimum absolute atomic E-state index is 0.245. The minimum atomic E-state index is 0.245. The van der Waals surface area contributed by atoms with Crippen molar-refractivity contribution < 1.29 is 5.11 Å². The quantitative estimate of drug-likeness (QED) is 0.0793. The van der Waals surface area contributed by atoms with Gasteiger partial charge in [0.05, 0.1) is 0 Å². The molecule has 0 saturated heterocycles. The summed E-state index contributed by atoms with van der Waals surface area (Å²) in [5, 5.41) is 11.3. The van der Waals surface area contributed by atoms with Gasteiger partial charge in [0.15, 0.2) is 0 Å². The molecule has 0 heterocycles. The van der Waals surface area contributed by atoms with Crippen LogP contribution in [0, 0.1) is 0 Å². The smallest absolute Gasteiger partial charge is 0.122 e. The van der Waals surface area contributed by atoms with Gasteiger partial charge in [0, 0.05) is 9.64 Å². The lowest BCUT2D eigenvalue weighted by Gasteiger charge is -2.25. The minimum Gasteiger partial charge on any atom is -0.507 e. The Labute approximate surface area is 256 Å². The summed E-state index contributed by atoms with van der Waals surface area (Å²) in [6, 6.07) is 4.66. The molecule has 0 spiro atoms. The van der Waals surface area contributed by atoms with E-state index in [4.69, 9.17) is 0 Å². The van der Waals surface area contributed by atoms with Crippen LogP contribution in [0.25, 0.3) is 0 Å². The molecule has 1 N–H and O–H groups in total. The van der Waals surface area contributed by atoms with Gasteiger partial charge >= 0.3 is 0 Å². The van der Waals surface area contributed by atoms with E-state index in [0.29, 0.717) is 5.75 Å². The maximum Gasteiger partial charge on any atom is 0.122 e. The van der Waals surface area contributed by atoms with Crippen LogP contribution in [-0.2, 0) is 12.8 Å². The second-order valence-corrected chi connectivity index (χ2v) is 15.1. The maximum atomic E-state index is 11.3. The monoisotopic (exact) mass is 575 g/mol. The summed E-state index contributed by atoms with van der Waals surface area (Å²) in [6.45, 7) is 11.7. The molecule has 1 aromatic carbocycles. The van der Waals surface area contributed by atoms with Crippen LogP contribution < -0.4 is 0 Å². The number of phenolic OH excluding ortho intramolecular Hbond substituents is 1. The number of rotatable bonds is 28. The van der Waals surface area contributed by atoms with E-state index in [1.54, 1.807) is 0 Å². The highest BCUT2D eigenvalue weighted by molar-refractivity contribution is 8.00. The first-order valence-electron chi connectivity index (χ1n) is 18.0. The van der Waals surface area contributed by atoms with Crippen LogP contribution >= 0.6 is 11.8 Å². The molecule has 0 aliphatic rings. The average Bonchev–Trinajstić information content (AvgIpc) is 2.92. The fraction of sp³-hybridized carbons (Fsp3) is 0.842. The zero-order valence-corrected chi connectivity index (χ0v) is 28.7. The van der Waals surface area contributed by atoms with Crippen LogP contribution in [0.4, 0.5) is 0 Å². The Balaban J connectivity index is 2.59. The van der Waals surface area contributed by atoms with Crippen molar-refractivity contribution in [1.82, 2.24) is 0 Å². The normalized spacial score (nSPS) is 11.9. The molecule has 0 aromatic heterocycles. The Morgan fingerprint density at radius 3 is 1.20 bits per heavy atom. The number of benzene rings is 1. The van der Waals surface area contributed by atoms with E-state index in [0.717, 1.165) is 12.8 Å². The number of aromatic hydroxyl groups is 1. The van der Waals surface area contributed by atoms with Crippen LogP contribution in [0.5, 0.6) is 5.75 Å². The van der Waals surface area contributed by atoms with E-state index in [2.05, 4.69) is 46.8 Å². The molecule has 234 valence electrons. The number of aryl methyl sites for hydroxylation is 2. The molecular formula is C38H70OS. The second kappa shape index (κ2) is 24.9. The first-order chi connectivity index (χ1) is 19.4. The molecule has 0 bridgehead atoms. The Kier molecular flexibility index (Phi) is 23.3. The summed E-state index contributed by atoms with van der Waals surface area (Å²) in [5.41, 5.74) is 2.41. The number of unbranched alkanes of at least 4 members (excludes halogenated alkanes) is 20. The van der Waals surface area contributed by atoms with E-state index in [-0.39, 0.29) is 4.75 Å². The van der Waals surface area contributed by atoms with Crippen LogP contribution in [0.15, 0.2) is 17.0 Å². The van der Waals surface area contributed by atoms with Crippen molar-refractivity contribution in [3.63, 3.8) is 0 Å². The topological polar surface area (TPSA) is 20.2 Å². The van der Waals surface area contributed by atoms with Gasteiger partial charge in [-0.3, -0.25) is 0 Å². The van der Waals surface area contributed by atoms with Crippen LogP contribution in [0.2, 0.25) is 0 Å². The summed E-state index contributed by atoms with van der Waals surface area (Å²) >= 11 is 2.04. The van der Waals surface area contributed by atoms with Gasteiger partial charge < -0.3 is 5.11 Å². The molecule has 0 aliphatic heterocycles. The second-order valence-electron chi connectivity index (χ2n) is 13.3. The zero-order chi connectivity index (χ0) is 29.3. The molecule has 1 rings (SSSR count). The van der Waals surface area contributed by atoms with Crippen molar-refractivity contribution in [2.24, 2.45) is 0 Å². The molecule has 0 atom stereocenters. The van der Waals surface area contributed by atoms with Gasteiger partial charge in [-0.25, -0.2) is 0 Å². The van der Waals surface area contributed by atoms with Gasteiger partial charge in [-0.1, -0.05) is 169 Å². The Hall–Kier alpha value is -0.630. The van der Waals surface area contributed by atoms with Gasteiger partial charge in [-0.05, 0) is 55.4 Å². The van der Waals surface area contributed by atoms with Gasteiger partial charge in [0.25, 0.3) is 0 Å². The fourth-order valence-electron chi connectivity index (χ4n) is 5.94. The third-order valence-electron chi connectivity index (χ3n) is 8.62. The molecule has 1 nitrogen and oxygen atoms in total. The number of phenols is 1. The first kappa shape index (κ1) is 37.4. The summed E-state index contributed by atoms with van der Waals surface area (Å²) in [6.07, 6.45) is 34.5. The van der Waals surface area contributed by atoms with Crippen molar-refractivity contribution >= 4 is 11.8 Å². The molecule has 0 unspecified atom stereocenters. The number of hydrogen-bond acceptors (Lipinski definition) is 2. The summed E-state index contributed by atoms with van der Waals surface area (Å²) in [5.74, 6) is 0.611. The SMILES string of the molecule is CCCCCCCCCCCCc1cc(SC(C)(C)CCCCC)cc(CCCCCCCCCCCC)c1O. The largest absolute Gasteiger partial charge is 0.507 e. The molecule has 2 heteroatoms. The molecular weight excluding hydrogens is 504 g/mol. The van der Waals surface area contributed by atoms with E-state index in [1.165, 1.54) is 170 Å². The Bertz CT molecular complexity index is 664. The first-order valence-corrected chi connectivity index (χ1v) is 18.8. The van der Waals surface area contributed by atoms with Crippen LogP contribution in [0.1, 0.15) is 200 Å². The molecule has 0 fully saturated rings. The predicted molar refractivity (Wildman–Crippen MR) is 183 cm³/mol. The van der Waals surface area contributed by atoms with Gasteiger partial charge in [0.1, 0.15) is 5.75 Å². The maximum absolute atomic E-state index is 11.3. The summed E-state index contributed by atoms with van der Waals surface area (Å²) in [4.78, 5) is 1.38. The molecule has 1 aromatic rings. The summed E-state index contributed by atoms with van der Waals surface area (Å²) in [7, 11) is 0. The van der Waals surface area contributed by atoms with E-state index in [1.807, 2.05) is 11.8 Å². The van der Waals surface area contributed by atoms with Crippen LogP contribution in [0.3, 0.4) is 0 Å². The number of hydrogen-bond donors (Lipinski definition) is 1. The third kappa shape index (κ3) is 19.5. The van der Waals surface area contributed by atoms with Crippen molar-refractivity contribution in [2.45, 2.75) is 211 Å². The highest BCUT2D eigenvalue weighted by Crippen LogP contribution is 2.40. The van der Waals surface area contributed by atoms with Crippen molar-refractivity contribution in [3.05, 3.63) is 23.3 Å². The molecule has 0 aliphatic carbocycles. The molecule has 0 radical (unpaired) electrons. The fourth-order valence-corrected chi connectivity index (χ4v) is 7.23. The Morgan fingerprint density at radius 2 is 0.825 bits per heavy atom. The van der Waals surface area contributed by atoms with E-state index in [9.17, 15) is 5.11 Å². The molecule has 40 heavy (non-hydrogen) atoms. The lowest BCUT2D eigenvalue weighted by Crippen LogP contribution is -2.14. The molecule has 0 saturated carbocycles. The van der Waals surface area contributed by atoms with Gasteiger partial charge in [-0.2, -0.15) is 0 Å². The average molecular weight is 575 g/mol. The highest BCUT2D eigenvalue weighted by atomic mass is 32.2. The molecule has 0 amide bonds. The highest BCUT2D eigenvalue weighted by Gasteiger charge is 2.21. The number of thioether (sulfide) groups is 1. The lowest BCUT2D eigenvalue weighted by atomic mass is 9.98.